The van der Waals surface area contributed by atoms with Gasteiger partial charge >= 0.3 is 0 Å². The maximum absolute atomic E-state index is 12.1. The third kappa shape index (κ3) is 3.62. The van der Waals surface area contributed by atoms with Crippen LogP contribution in [0, 0.1) is 5.92 Å². The van der Waals surface area contributed by atoms with Crippen molar-refractivity contribution in [1.82, 2.24) is 10.3 Å². The Labute approximate surface area is 120 Å². The first-order valence-corrected chi connectivity index (χ1v) is 7.44. The van der Waals surface area contributed by atoms with Crippen molar-refractivity contribution in [3.63, 3.8) is 0 Å². The lowest BCUT2D eigenvalue weighted by molar-refractivity contribution is -0.121. The van der Waals surface area contributed by atoms with Gasteiger partial charge in [0.15, 0.2) is 0 Å². The molecule has 0 aliphatic carbocycles. The van der Waals surface area contributed by atoms with E-state index in [1.807, 2.05) is 24.4 Å². The van der Waals surface area contributed by atoms with Gasteiger partial charge < -0.3 is 10.3 Å². The fraction of sp³-hybridized carbons (Fsp3) is 0.471. The topological polar surface area (TPSA) is 44.9 Å². The average Bonchev–Trinajstić information content (AvgIpc) is 2.81. The Morgan fingerprint density at radius 3 is 2.80 bits per heavy atom. The molecule has 2 rings (SSSR count). The van der Waals surface area contributed by atoms with Gasteiger partial charge in [-0.05, 0) is 30.9 Å². The summed E-state index contributed by atoms with van der Waals surface area (Å²) in [7, 11) is 0. The summed E-state index contributed by atoms with van der Waals surface area (Å²) >= 11 is 0. The molecule has 0 aliphatic heterocycles. The molecule has 20 heavy (non-hydrogen) atoms. The average molecular weight is 272 g/mol. The number of aromatic nitrogens is 1. The molecule has 3 nitrogen and oxygen atoms in total. The van der Waals surface area contributed by atoms with Crippen LogP contribution in [0.1, 0.15) is 39.2 Å². The van der Waals surface area contributed by atoms with E-state index in [0.717, 1.165) is 29.3 Å². The van der Waals surface area contributed by atoms with Gasteiger partial charge in [0.1, 0.15) is 0 Å². The van der Waals surface area contributed by atoms with Crippen LogP contribution >= 0.6 is 0 Å². The standard InChI is InChI=1S/C17H24N2O/c1-4-12(2)9-13(3)19-17(20)10-14-11-18-16-8-6-5-7-15(14)16/h5-8,11-13,18H,4,9-10H2,1-3H3,(H,19,20). The van der Waals surface area contributed by atoms with Crippen molar-refractivity contribution >= 4 is 16.8 Å². The summed E-state index contributed by atoms with van der Waals surface area (Å²) < 4.78 is 0. The molecule has 1 aromatic heterocycles. The highest BCUT2D eigenvalue weighted by molar-refractivity contribution is 5.88. The van der Waals surface area contributed by atoms with Crippen LogP contribution in [-0.2, 0) is 11.2 Å². The molecule has 0 fully saturated rings. The zero-order chi connectivity index (χ0) is 14.5. The summed E-state index contributed by atoms with van der Waals surface area (Å²) in [6.07, 6.45) is 4.57. The molecule has 2 N–H and O–H groups in total. The quantitative estimate of drug-likeness (QED) is 0.828. The van der Waals surface area contributed by atoms with Gasteiger partial charge in [-0.25, -0.2) is 0 Å². The monoisotopic (exact) mass is 272 g/mol. The Morgan fingerprint density at radius 2 is 2.05 bits per heavy atom. The fourth-order valence-corrected chi connectivity index (χ4v) is 2.61. The second kappa shape index (κ2) is 6.60. The molecule has 2 unspecified atom stereocenters. The maximum Gasteiger partial charge on any atom is 0.224 e. The van der Waals surface area contributed by atoms with Crippen molar-refractivity contribution < 1.29 is 4.79 Å². The van der Waals surface area contributed by atoms with E-state index >= 15 is 0 Å². The smallest absolute Gasteiger partial charge is 0.224 e. The minimum Gasteiger partial charge on any atom is -0.361 e. The van der Waals surface area contributed by atoms with E-state index in [1.54, 1.807) is 0 Å². The molecule has 3 heteroatoms. The second-order valence-electron chi connectivity index (χ2n) is 5.75. The van der Waals surface area contributed by atoms with Gasteiger partial charge in [0.05, 0.1) is 6.42 Å². The number of fused-ring (bicyclic) bond motifs is 1. The molecule has 2 atom stereocenters. The van der Waals surface area contributed by atoms with Crippen LogP contribution in [0.25, 0.3) is 10.9 Å². The van der Waals surface area contributed by atoms with Gasteiger partial charge in [-0.15, -0.1) is 0 Å². The number of para-hydroxylation sites is 1. The molecular weight excluding hydrogens is 248 g/mol. The Bertz CT molecular complexity index is 573. The Kier molecular flexibility index (Phi) is 4.83. The molecule has 1 aromatic carbocycles. The maximum atomic E-state index is 12.1. The van der Waals surface area contributed by atoms with E-state index in [9.17, 15) is 4.79 Å². The summed E-state index contributed by atoms with van der Waals surface area (Å²) in [5.74, 6) is 0.754. The number of aromatic amines is 1. The van der Waals surface area contributed by atoms with Crippen LogP contribution in [0.3, 0.4) is 0 Å². The highest BCUT2D eigenvalue weighted by Gasteiger charge is 2.12. The van der Waals surface area contributed by atoms with E-state index in [2.05, 4.69) is 37.1 Å². The number of benzene rings is 1. The predicted octanol–water partition coefficient (Wildman–Crippen LogP) is 3.65. The van der Waals surface area contributed by atoms with Crippen LogP contribution < -0.4 is 5.32 Å². The summed E-state index contributed by atoms with van der Waals surface area (Å²) in [6.45, 7) is 6.49. The van der Waals surface area contributed by atoms with E-state index in [-0.39, 0.29) is 11.9 Å². The van der Waals surface area contributed by atoms with Crippen molar-refractivity contribution in [2.24, 2.45) is 5.92 Å². The fourth-order valence-electron chi connectivity index (χ4n) is 2.61. The minimum atomic E-state index is 0.102. The highest BCUT2D eigenvalue weighted by Crippen LogP contribution is 2.18. The van der Waals surface area contributed by atoms with Crippen molar-refractivity contribution in [3.05, 3.63) is 36.0 Å². The van der Waals surface area contributed by atoms with Crippen LogP contribution in [0.5, 0.6) is 0 Å². The first kappa shape index (κ1) is 14.6. The lowest BCUT2D eigenvalue weighted by Gasteiger charge is -2.17. The van der Waals surface area contributed by atoms with Crippen molar-refractivity contribution in [1.29, 1.82) is 0 Å². The molecule has 0 saturated heterocycles. The van der Waals surface area contributed by atoms with Crippen molar-refractivity contribution in [2.45, 2.75) is 46.1 Å². The number of H-pyrrole nitrogens is 1. The van der Waals surface area contributed by atoms with Crippen LogP contribution in [0.2, 0.25) is 0 Å². The van der Waals surface area contributed by atoms with E-state index in [0.29, 0.717) is 12.3 Å². The summed E-state index contributed by atoms with van der Waals surface area (Å²) in [4.78, 5) is 15.3. The Morgan fingerprint density at radius 1 is 1.30 bits per heavy atom. The molecule has 0 saturated carbocycles. The van der Waals surface area contributed by atoms with E-state index < -0.39 is 0 Å². The number of rotatable bonds is 6. The number of hydrogen-bond acceptors (Lipinski definition) is 1. The van der Waals surface area contributed by atoms with Gasteiger partial charge in [-0.1, -0.05) is 38.5 Å². The summed E-state index contributed by atoms with van der Waals surface area (Å²) in [5.41, 5.74) is 2.15. The Balaban J connectivity index is 1.94. The van der Waals surface area contributed by atoms with Crippen LogP contribution in [0.15, 0.2) is 30.5 Å². The van der Waals surface area contributed by atoms with Gasteiger partial charge in [0.25, 0.3) is 0 Å². The molecular formula is C17H24N2O. The van der Waals surface area contributed by atoms with Crippen LogP contribution in [0.4, 0.5) is 0 Å². The first-order chi connectivity index (χ1) is 9.60. The van der Waals surface area contributed by atoms with Crippen molar-refractivity contribution in [3.8, 4) is 0 Å². The largest absolute Gasteiger partial charge is 0.361 e. The molecule has 2 aromatic rings. The normalized spacial score (nSPS) is 14.2. The van der Waals surface area contributed by atoms with Gasteiger partial charge in [0.2, 0.25) is 5.91 Å². The van der Waals surface area contributed by atoms with Crippen LogP contribution in [-0.4, -0.2) is 16.9 Å². The van der Waals surface area contributed by atoms with E-state index in [1.165, 1.54) is 0 Å². The lowest BCUT2D eigenvalue weighted by Crippen LogP contribution is -2.34. The van der Waals surface area contributed by atoms with E-state index in [4.69, 9.17) is 0 Å². The van der Waals surface area contributed by atoms with Gasteiger partial charge in [0, 0.05) is 23.1 Å². The predicted molar refractivity (Wildman–Crippen MR) is 83.7 cm³/mol. The molecule has 1 amide bonds. The molecule has 108 valence electrons. The third-order valence-corrected chi connectivity index (χ3v) is 3.89. The highest BCUT2D eigenvalue weighted by atomic mass is 16.1. The number of hydrogen-bond donors (Lipinski definition) is 2. The SMILES string of the molecule is CCC(C)CC(C)NC(=O)Cc1c[nH]c2ccccc12. The zero-order valence-electron chi connectivity index (χ0n) is 12.6. The van der Waals surface area contributed by atoms with Gasteiger partial charge in [-0.2, -0.15) is 0 Å². The zero-order valence-corrected chi connectivity index (χ0v) is 12.6. The number of nitrogens with one attached hydrogen (secondary N) is 2. The number of amides is 1. The minimum absolute atomic E-state index is 0.102. The third-order valence-electron chi connectivity index (χ3n) is 3.89. The number of carbonyl (C=O) groups excluding carboxylic acids is 1. The lowest BCUT2D eigenvalue weighted by atomic mass is 10.00. The molecule has 0 spiro atoms. The van der Waals surface area contributed by atoms with Crippen molar-refractivity contribution in [2.75, 3.05) is 0 Å². The summed E-state index contributed by atoms with van der Waals surface area (Å²) in [6, 6.07) is 8.32. The summed E-state index contributed by atoms with van der Waals surface area (Å²) in [5, 5.41) is 4.23. The number of carbonyl (C=O) groups is 1. The molecule has 0 bridgehead atoms. The first-order valence-electron chi connectivity index (χ1n) is 7.44. The Hall–Kier alpha value is -1.77. The second-order valence-corrected chi connectivity index (χ2v) is 5.75. The molecule has 0 radical (unpaired) electrons. The van der Waals surface area contributed by atoms with Gasteiger partial charge in [-0.3, -0.25) is 4.79 Å². The molecule has 0 aliphatic rings. The molecule has 1 heterocycles.